The van der Waals surface area contributed by atoms with E-state index in [9.17, 15) is 14.9 Å². The van der Waals surface area contributed by atoms with E-state index in [1.54, 1.807) is 6.92 Å². The first-order valence-corrected chi connectivity index (χ1v) is 5.13. The van der Waals surface area contributed by atoms with Crippen molar-refractivity contribution in [2.75, 3.05) is 11.9 Å². The molecule has 0 aliphatic rings. The summed E-state index contributed by atoms with van der Waals surface area (Å²) >= 11 is 0. The van der Waals surface area contributed by atoms with Crippen molar-refractivity contribution in [2.45, 2.75) is 20.0 Å². The highest BCUT2D eigenvalue weighted by atomic mass is 16.6. The Bertz CT molecular complexity index is 443. The number of benzene rings is 1. The van der Waals surface area contributed by atoms with Gasteiger partial charge in [0.1, 0.15) is 5.69 Å². The number of nitrogens with zero attached hydrogens (tertiary/aromatic N) is 1. The summed E-state index contributed by atoms with van der Waals surface area (Å²) in [6.07, 6.45) is -0.609. The van der Waals surface area contributed by atoms with Crippen LogP contribution in [-0.4, -0.2) is 28.5 Å². The lowest BCUT2D eigenvalue weighted by atomic mass is 10.1. The van der Waals surface area contributed by atoms with Crippen molar-refractivity contribution in [3.8, 4) is 0 Å². The lowest BCUT2D eigenvalue weighted by molar-refractivity contribution is -0.384. The first-order valence-electron chi connectivity index (χ1n) is 5.13. The zero-order valence-corrected chi connectivity index (χ0v) is 9.64. The van der Waals surface area contributed by atoms with Gasteiger partial charge in [0, 0.05) is 18.2 Å². The van der Waals surface area contributed by atoms with E-state index in [-0.39, 0.29) is 18.0 Å². The maximum atomic E-state index is 11.1. The lowest BCUT2D eigenvalue weighted by Gasteiger charge is -2.09. The zero-order chi connectivity index (χ0) is 13.0. The quantitative estimate of drug-likeness (QED) is 0.461. The number of carbonyl (C=O) groups excluding carboxylic acids is 1. The van der Waals surface area contributed by atoms with Gasteiger partial charge < -0.3 is 10.4 Å². The number of aliphatic hydroxyl groups is 1. The Balaban J connectivity index is 3.04. The van der Waals surface area contributed by atoms with Crippen molar-refractivity contribution in [3.63, 3.8) is 0 Å². The van der Waals surface area contributed by atoms with Crippen LogP contribution in [0.15, 0.2) is 18.2 Å². The van der Waals surface area contributed by atoms with Gasteiger partial charge >= 0.3 is 0 Å². The van der Waals surface area contributed by atoms with Crippen LogP contribution >= 0.6 is 0 Å². The summed E-state index contributed by atoms with van der Waals surface area (Å²) in [5, 5.41) is 22.7. The molecule has 0 fully saturated rings. The number of hydrogen-bond donors (Lipinski definition) is 2. The molecule has 1 rings (SSSR count). The second-order valence-electron chi connectivity index (χ2n) is 3.78. The zero-order valence-electron chi connectivity index (χ0n) is 9.64. The van der Waals surface area contributed by atoms with Gasteiger partial charge in [0.25, 0.3) is 5.69 Å². The van der Waals surface area contributed by atoms with Crippen LogP contribution in [0, 0.1) is 10.1 Å². The third-order valence-electron chi connectivity index (χ3n) is 2.19. The molecule has 6 heteroatoms. The Hall–Kier alpha value is -1.95. The topological polar surface area (TPSA) is 92.5 Å². The van der Waals surface area contributed by atoms with Crippen LogP contribution in [0.1, 0.15) is 24.2 Å². The molecule has 1 aromatic carbocycles. The molecule has 0 saturated carbocycles. The molecule has 0 aromatic heterocycles. The second kappa shape index (κ2) is 5.40. The number of rotatable bonds is 5. The molecule has 0 amide bonds. The van der Waals surface area contributed by atoms with Gasteiger partial charge in [-0.05, 0) is 26.0 Å². The van der Waals surface area contributed by atoms with E-state index in [0.29, 0.717) is 11.3 Å². The Kier molecular flexibility index (Phi) is 4.17. The maximum absolute atomic E-state index is 11.1. The van der Waals surface area contributed by atoms with E-state index in [1.807, 2.05) is 0 Å². The predicted octanol–water partition coefficient (Wildman–Crippen LogP) is 1.59. The van der Waals surface area contributed by atoms with Crippen molar-refractivity contribution >= 4 is 17.2 Å². The summed E-state index contributed by atoms with van der Waals surface area (Å²) in [5.74, 6) is -0.227. The van der Waals surface area contributed by atoms with Crippen LogP contribution < -0.4 is 5.32 Å². The monoisotopic (exact) mass is 238 g/mol. The van der Waals surface area contributed by atoms with Gasteiger partial charge in [0.15, 0.2) is 5.78 Å². The third-order valence-corrected chi connectivity index (χ3v) is 2.19. The molecule has 0 heterocycles. The summed E-state index contributed by atoms with van der Waals surface area (Å²) in [6, 6.07) is 4.21. The summed E-state index contributed by atoms with van der Waals surface area (Å²) in [6.45, 7) is 3.13. The van der Waals surface area contributed by atoms with E-state index in [1.165, 1.54) is 25.1 Å². The van der Waals surface area contributed by atoms with E-state index >= 15 is 0 Å². The van der Waals surface area contributed by atoms with Gasteiger partial charge in [-0.15, -0.1) is 0 Å². The molecule has 1 atom stereocenters. The molecule has 1 aromatic rings. The summed E-state index contributed by atoms with van der Waals surface area (Å²) in [4.78, 5) is 21.4. The van der Waals surface area contributed by atoms with Gasteiger partial charge in [-0.25, -0.2) is 0 Å². The second-order valence-corrected chi connectivity index (χ2v) is 3.78. The normalized spacial score (nSPS) is 11.9. The minimum absolute atomic E-state index is 0.168. The Morgan fingerprint density at radius 2 is 2.24 bits per heavy atom. The molecular formula is C11H14N2O4. The molecule has 2 N–H and O–H groups in total. The summed E-state index contributed by atoms with van der Waals surface area (Å²) in [5.41, 5.74) is 0.415. The maximum Gasteiger partial charge on any atom is 0.293 e. The Morgan fingerprint density at radius 1 is 1.59 bits per heavy atom. The van der Waals surface area contributed by atoms with E-state index in [2.05, 4.69) is 5.32 Å². The van der Waals surface area contributed by atoms with E-state index in [0.717, 1.165) is 0 Å². The number of nitro groups is 1. The average Bonchev–Trinajstić information content (AvgIpc) is 2.25. The van der Waals surface area contributed by atoms with Crippen molar-refractivity contribution < 1.29 is 14.8 Å². The van der Waals surface area contributed by atoms with Crippen LogP contribution in [0.2, 0.25) is 0 Å². The number of hydrogen-bond acceptors (Lipinski definition) is 5. The van der Waals surface area contributed by atoms with Crippen molar-refractivity contribution in [3.05, 3.63) is 33.9 Å². The highest BCUT2D eigenvalue weighted by Crippen LogP contribution is 2.25. The molecule has 17 heavy (non-hydrogen) atoms. The van der Waals surface area contributed by atoms with Crippen molar-refractivity contribution in [1.29, 1.82) is 0 Å². The molecule has 6 nitrogen and oxygen atoms in total. The largest absolute Gasteiger partial charge is 0.392 e. The number of nitro benzene ring substituents is 1. The van der Waals surface area contributed by atoms with E-state index < -0.39 is 11.0 Å². The van der Waals surface area contributed by atoms with Crippen LogP contribution in [-0.2, 0) is 0 Å². The minimum Gasteiger partial charge on any atom is -0.392 e. The smallest absolute Gasteiger partial charge is 0.293 e. The number of ketones is 1. The average molecular weight is 238 g/mol. The molecule has 0 bridgehead atoms. The molecule has 1 unspecified atom stereocenters. The molecule has 0 saturated heterocycles. The minimum atomic E-state index is -0.609. The van der Waals surface area contributed by atoms with Crippen molar-refractivity contribution in [1.82, 2.24) is 0 Å². The molecule has 0 aliphatic carbocycles. The predicted molar refractivity (Wildman–Crippen MR) is 63.3 cm³/mol. The lowest BCUT2D eigenvalue weighted by Crippen LogP contribution is -2.16. The number of carbonyl (C=O) groups is 1. The Morgan fingerprint density at radius 3 is 2.71 bits per heavy atom. The number of Topliss-reactive ketones (excluding diaryl/α,β-unsaturated/α-hetero) is 1. The number of nitrogens with one attached hydrogen (secondary N) is 1. The van der Waals surface area contributed by atoms with Crippen LogP contribution in [0.3, 0.4) is 0 Å². The Labute approximate surface area is 98.4 Å². The van der Waals surface area contributed by atoms with Crippen molar-refractivity contribution in [2.24, 2.45) is 0 Å². The van der Waals surface area contributed by atoms with Crippen LogP contribution in [0.4, 0.5) is 11.4 Å². The van der Waals surface area contributed by atoms with Gasteiger partial charge in [0.2, 0.25) is 0 Å². The molecule has 0 aliphatic heterocycles. The summed E-state index contributed by atoms with van der Waals surface area (Å²) < 4.78 is 0. The summed E-state index contributed by atoms with van der Waals surface area (Å²) in [7, 11) is 0. The number of aliphatic hydroxyl groups excluding tert-OH is 1. The fourth-order valence-electron chi connectivity index (χ4n) is 1.31. The van der Waals surface area contributed by atoms with Gasteiger partial charge in [0.05, 0.1) is 11.0 Å². The fraction of sp³-hybridized carbons (Fsp3) is 0.364. The van der Waals surface area contributed by atoms with Gasteiger partial charge in [-0.2, -0.15) is 0 Å². The van der Waals surface area contributed by atoms with Gasteiger partial charge in [-0.1, -0.05) is 0 Å². The fourth-order valence-corrected chi connectivity index (χ4v) is 1.31. The highest BCUT2D eigenvalue weighted by molar-refractivity contribution is 5.95. The number of anilines is 1. The van der Waals surface area contributed by atoms with E-state index in [4.69, 9.17) is 5.11 Å². The first kappa shape index (κ1) is 13.1. The van der Waals surface area contributed by atoms with Gasteiger partial charge in [-0.3, -0.25) is 14.9 Å². The molecular weight excluding hydrogens is 224 g/mol. The van der Waals surface area contributed by atoms with Crippen LogP contribution in [0.25, 0.3) is 0 Å². The highest BCUT2D eigenvalue weighted by Gasteiger charge is 2.16. The molecule has 0 radical (unpaired) electrons. The molecule has 0 spiro atoms. The van der Waals surface area contributed by atoms with Crippen LogP contribution in [0.5, 0.6) is 0 Å². The SMILES string of the molecule is CC(=O)c1ccc(NCC(C)O)c([N+](=O)[O-])c1. The molecule has 92 valence electrons. The first-order chi connectivity index (χ1) is 7.91. The third kappa shape index (κ3) is 3.53. The standard InChI is InChI=1S/C11H14N2O4/c1-7(14)6-12-10-4-3-9(8(2)15)5-11(10)13(16)17/h3-5,7,12,14H,6H2,1-2H3.